The van der Waals surface area contributed by atoms with Crippen LogP contribution in [-0.4, -0.2) is 38.7 Å². The Labute approximate surface area is 134 Å². The first-order valence-electron chi connectivity index (χ1n) is 6.29. The number of carbonyl (C=O) groups is 1. The SMILES string of the molecule is CON=C(C(=O)OC)c1ccccc1C=C(Cl)/C(C)=N\OC. The number of benzene rings is 1. The number of hydrogen-bond acceptors (Lipinski definition) is 6. The van der Waals surface area contributed by atoms with Crippen LogP contribution in [0.4, 0.5) is 0 Å². The molecule has 0 unspecified atom stereocenters. The molecule has 0 N–H and O–H groups in total. The summed E-state index contributed by atoms with van der Waals surface area (Å²) < 4.78 is 4.72. The number of hydrogen-bond donors (Lipinski definition) is 0. The average molecular weight is 325 g/mol. The molecule has 118 valence electrons. The third-order valence-electron chi connectivity index (χ3n) is 2.63. The molecule has 0 aliphatic rings. The molecule has 1 aromatic rings. The van der Waals surface area contributed by atoms with Crippen molar-refractivity contribution in [3.8, 4) is 0 Å². The molecule has 0 aromatic heterocycles. The molecule has 7 heteroatoms. The van der Waals surface area contributed by atoms with E-state index in [-0.39, 0.29) is 5.71 Å². The highest BCUT2D eigenvalue weighted by molar-refractivity contribution is 6.46. The van der Waals surface area contributed by atoms with E-state index in [1.807, 2.05) is 6.07 Å². The molecule has 0 bridgehead atoms. The van der Waals surface area contributed by atoms with Gasteiger partial charge in [0.25, 0.3) is 0 Å². The van der Waals surface area contributed by atoms with E-state index < -0.39 is 5.97 Å². The van der Waals surface area contributed by atoms with Crippen LogP contribution >= 0.6 is 11.6 Å². The molecule has 0 aliphatic heterocycles. The first-order chi connectivity index (χ1) is 10.5. The van der Waals surface area contributed by atoms with E-state index in [2.05, 4.69) is 15.1 Å². The summed E-state index contributed by atoms with van der Waals surface area (Å²) in [6, 6.07) is 7.08. The Bertz CT molecular complexity index is 624. The molecule has 0 heterocycles. The zero-order chi connectivity index (χ0) is 16.5. The Morgan fingerprint density at radius 1 is 1.14 bits per heavy atom. The van der Waals surface area contributed by atoms with E-state index >= 15 is 0 Å². The van der Waals surface area contributed by atoms with Crippen molar-refractivity contribution in [2.75, 3.05) is 21.3 Å². The van der Waals surface area contributed by atoms with Crippen LogP contribution in [0.3, 0.4) is 0 Å². The van der Waals surface area contributed by atoms with Gasteiger partial charge in [-0.15, -0.1) is 0 Å². The van der Waals surface area contributed by atoms with Crippen LogP contribution in [0.2, 0.25) is 0 Å². The molecule has 0 aliphatic carbocycles. The summed E-state index contributed by atoms with van der Waals surface area (Å²) in [5.41, 5.74) is 1.74. The first-order valence-corrected chi connectivity index (χ1v) is 6.67. The highest BCUT2D eigenvalue weighted by Crippen LogP contribution is 2.18. The van der Waals surface area contributed by atoms with E-state index in [4.69, 9.17) is 21.2 Å². The number of ether oxygens (including phenoxy) is 1. The fraction of sp³-hybridized carbons (Fsp3) is 0.267. The third kappa shape index (κ3) is 4.60. The van der Waals surface area contributed by atoms with Crippen molar-refractivity contribution in [2.24, 2.45) is 10.3 Å². The fourth-order valence-electron chi connectivity index (χ4n) is 1.64. The van der Waals surface area contributed by atoms with Gasteiger partial charge < -0.3 is 14.4 Å². The third-order valence-corrected chi connectivity index (χ3v) is 3.02. The van der Waals surface area contributed by atoms with Gasteiger partial charge in [-0.3, -0.25) is 0 Å². The lowest BCUT2D eigenvalue weighted by atomic mass is 10.0. The molecule has 0 fully saturated rings. The average Bonchev–Trinajstić information content (AvgIpc) is 2.53. The molecule has 0 atom stereocenters. The van der Waals surface area contributed by atoms with E-state index in [0.29, 0.717) is 21.9 Å². The predicted molar refractivity (Wildman–Crippen MR) is 86.0 cm³/mol. The van der Waals surface area contributed by atoms with Crippen LogP contribution in [0.15, 0.2) is 39.6 Å². The van der Waals surface area contributed by atoms with Crippen molar-refractivity contribution in [1.82, 2.24) is 0 Å². The number of esters is 1. The molecule has 1 aromatic carbocycles. The molecular formula is C15H17ClN2O4. The van der Waals surface area contributed by atoms with Crippen LogP contribution in [0, 0.1) is 0 Å². The second-order valence-corrected chi connectivity index (χ2v) is 4.46. The smallest absolute Gasteiger partial charge is 0.360 e. The second-order valence-electron chi connectivity index (χ2n) is 4.05. The number of nitrogens with zero attached hydrogens (tertiary/aromatic N) is 2. The van der Waals surface area contributed by atoms with Gasteiger partial charge in [0.15, 0.2) is 5.71 Å². The van der Waals surface area contributed by atoms with Gasteiger partial charge in [-0.2, -0.15) is 0 Å². The molecule has 0 amide bonds. The van der Waals surface area contributed by atoms with Gasteiger partial charge in [-0.25, -0.2) is 4.79 Å². The van der Waals surface area contributed by atoms with Crippen molar-refractivity contribution < 1.29 is 19.2 Å². The van der Waals surface area contributed by atoms with Gasteiger partial charge in [-0.05, 0) is 18.6 Å². The molecule has 0 saturated carbocycles. The standard InChI is InChI=1S/C15H17ClN2O4/c1-10(17-21-3)13(16)9-11-7-5-6-8-12(11)14(18-22-4)15(19)20-2/h5-9H,1-4H3/b13-9?,17-10-,18-14?. The van der Waals surface area contributed by atoms with Gasteiger partial charge in [0, 0.05) is 5.56 Å². The lowest BCUT2D eigenvalue weighted by Gasteiger charge is -2.08. The number of oxime groups is 2. The number of halogens is 1. The molecule has 0 spiro atoms. The van der Waals surface area contributed by atoms with Gasteiger partial charge in [0.05, 0.1) is 17.9 Å². The number of methoxy groups -OCH3 is 1. The summed E-state index contributed by atoms with van der Waals surface area (Å²) >= 11 is 6.17. The van der Waals surface area contributed by atoms with E-state index in [1.165, 1.54) is 21.3 Å². The van der Waals surface area contributed by atoms with Crippen molar-refractivity contribution in [3.05, 3.63) is 40.4 Å². The summed E-state index contributed by atoms with van der Waals surface area (Å²) in [5, 5.41) is 7.85. The van der Waals surface area contributed by atoms with Gasteiger partial charge >= 0.3 is 5.97 Å². The van der Waals surface area contributed by atoms with E-state index in [1.54, 1.807) is 31.2 Å². The lowest BCUT2D eigenvalue weighted by molar-refractivity contribution is -0.132. The van der Waals surface area contributed by atoms with E-state index in [9.17, 15) is 4.79 Å². The Morgan fingerprint density at radius 3 is 2.36 bits per heavy atom. The molecule has 0 saturated heterocycles. The van der Waals surface area contributed by atoms with Crippen LogP contribution in [-0.2, 0) is 19.2 Å². The van der Waals surface area contributed by atoms with Gasteiger partial charge in [-0.1, -0.05) is 46.2 Å². The highest BCUT2D eigenvalue weighted by Gasteiger charge is 2.18. The zero-order valence-electron chi connectivity index (χ0n) is 12.8. The summed E-state index contributed by atoms with van der Waals surface area (Å²) in [4.78, 5) is 21.2. The van der Waals surface area contributed by atoms with Crippen LogP contribution in [0.25, 0.3) is 6.08 Å². The summed E-state index contributed by atoms with van der Waals surface area (Å²) in [7, 11) is 4.06. The van der Waals surface area contributed by atoms with E-state index in [0.717, 1.165) is 0 Å². The predicted octanol–water partition coefficient (Wildman–Crippen LogP) is 2.81. The maximum atomic E-state index is 11.8. The van der Waals surface area contributed by atoms with Gasteiger partial charge in [0.1, 0.15) is 14.2 Å². The van der Waals surface area contributed by atoms with Crippen LogP contribution in [0.1, 0.15) is 18.1 Å². The van der Waals surface area contributed by atoms with Crippen molar-refractivity contribution in [1.29, 1.82) is 0 Å². The quantitative estimate of drug-likeness (QED) is 0.458. The van der Waals surface area contributed by atoms with Crippen molar-refractivity contribution in [3.63, 3.8) is 0 Å². The molecule has 6 nitrogen and oxygen atoms in total. The highest BCUT2D eigenvalue weighted by atomic mass is 35.5. The monoisotopic (exact) mass is 324 g/mol. The molecule has 0 radical (unpaired) electrons. The van der Waals surface area contributed by atoms with Crippen LogP contribution < -0.4 is 0 Å². The number of carbonyl (C=O) groups excluding carboxylic acids is 1. The van der Waals surface area contributed by atoms with Gasteiger partial charge in [0.2, 0.25) is 0 Å². The van der Waals surface area contributed by atoms with Crippen LogP contribution in [0.5, 0.6) is 0 Å². The van der Waals surface area contributed by atoms with Crippen molar-refractivity contribution >= 4 is 35.1 Å². The Morgan fingerprint density at radius 2 is 1.77 bits per heavy atom. The Balaban J connectivity index is 3.35. The fourth-order valence-corrected chi connectivity index (χ4v) is 1.80. The lowest BCUT2D eigenvalue weighted by Crippen LogP contribution is -2.18. The maximum Gasteiger partial charge on any atom is 0.360 e. The largest absolute Gasteiger partial charge is 0.464 e. The Hall–Kier alpha value is -2.34. The number of rotatable bonds is 6. The minimum absolute atomic E-state index is 0.0441. The minimum atomic E-state index is -0.610. The second kappa shape index (κ2) is 8.84. The minimum Gasteiger partial charge on any atom is -0.464 e. The summed E-state index contributed by atoms with van der Waals surface area (Å²) in [5.74, 6) is -0.610. The molecule has 22 heavy (non-hydrogen) atoms. The van der Waals surface area contributed by atoms with Crippen molar-refractivity contribution in [2.45, 2.75) is 6.92 Å². The zero-order valence-corrected chi connectivity index (χ0v) is 13.5. The Kier molecular flexibility index (Phi) is 7.12. The maximum absolute atomic E-state index is 11.8. The molecule has 1 rings (SSSR count). The number of allylic oxidation sites excluding steroid dienone is 1. The normalized spacial score (nSPS) is 12.9. The summed E-state index contributed by atoms with van der Waals surface area (Å²) in [6.45, 7) is 1.70. The molecular weight excluding hydrogens is 308 g/mol. The first kappa shape index (κ1) is 17.7. The topological polar surface area (TPSA) is 69.5 Å². The summed E-state index contributed by atoms with van der Waals surface area (Å²) in [6.07, 6.45) is 1.66.